The number of para-hydroxylation sites is 1. The fraction of sp³-hybridized carbons (Fsp3) is 0.125. The Kier molecular flexibility index (Phi) is 2.94. The second kappa shape index (κ2) is 4.95. The Hall–Kier alpha value is -2.24. The van der Waals surface area contributed by atoms with Crippen molar-refractivity contribution in [3.63, 3.8) is 0 Å². The van der Waals surface area contributed by atoms with E-state index in [1.54, 1.807) is 17.5 Å². The molecule has 0 radical (unpaired) electrons. The fourth-order valence-electron chi connectivity index (χ4n) is 2.59. The van der Waals surface area contributed by atoms with Gasteiger partial charge in [-0.3, -0.25) is 9.38 Å². The van der Waals surface area contributed by atoms with Crippen LogP contribution in [-0.2, 0) is 6.42 Å². The molecule has 0 aliphatic rings. The predicted octanol–water partition coefficient (Wildman–Crippen LogP) is 3.22. The van der Waals surface area contributed by atoms with Gasteiger partial charge >= 0.3 is 0 Å². The minimum Gasteiger partial charge on any atom is -0.388 e. The van der Waals surface area contributed by atoms with Crippen molar-refractivity contribution >= 4 is 27.2 Å². The largest absolute Gasteiger partial charge is 0.388 e. The Labute approximate surface area is 125 Å². The maximum Gasteiger partial charge on any atom is 0.193 e. The lowest BCUT2D eigenvalue weighted by molar-refractivity contribution is 0.179. The van der Waals surface area contributed by atoms with Crippen molar-refractivity contribution in [2.75, 3.05) is 0 Å². The summed E-state index contributed by atoms with van der Waals surface area (Å²) in [5.74, 6) is 0. The number of imidazole rings is 1. The van der Waals surface area contributed by atoms with Crippen molar-refractivity contribution in [1.82, 2.24) is 14.4 Å². The normalized spacial score (nSPS) is 13.0. The average Bonchev–Trinajstić information content (AvgIpc) is 3.07. The van der Waals surface area contributed by atoms with E-state index in [-0.39, 0.29) is 0 Å². The first kappa shape index (κ1) is 12.5. The summed E-state index contributed by atoms with van der Waals surface area (Å²) < 4.78 is 1.98. The predicted molar refractivity (Wildman–Crippen MR) is 83.5 cm³/mol. The maximum absolute atomic E-state index is 10.6. The molecular weight excluding hydrogens is 282 g/mol. The molecule has 4 nitrogen and oxygen atoms in total. The van der Waals surface area contributed by atoms with Crippen LogP contribution in [0.5, 0.6) is 0 Å². The van der Waals surface area contributed by atoms with Crippen molar-refractivity contribution in [2.45, 2.75) is 12.5 Å². The number of hydrogen-bond donors (Lipinski definition) is 1. The first-order valence-electron chi connectivity index (χ1n) is 6.74. The van der Waals surface area contributed by atoms with Gasteiger partial charge in [0.05, 0.1) is 17.3 Å². The van der Waals surface area contributed by atoms with Crippen LogP contribution in [-0.4, -0.2) is 19.5 Å². The molecule has 1 atom stereocenters. The van der Waals surface area contributed by atoms with Crippen LogP contribution in [0.4, 0.5) is 0 Å². The highest BCUT2D eigenvalue weighted by Crippen LogP contribution is 2.25. The first-order valence-corrected chi connectivity index (χ1v) is 7.62. The van der Waals surface area contributed by atoms with E-state index in [4.69, 9.17) is 0 Å². The molecule has 4 rings (SSSR count). The van der Waals surface area contributed by atoms with Crippen molar-refractivity contribution < 1.29 is 5.11 Å². The van der Waals surface area contributed by atoms with Crippen molar-refractivity contribution in [3.05, 3.63) is 65.6 Å². The topological polar surface area (TPSA) is 50.4 Å². The number of fused-ring (bicyclic) bond motifs is 2. The van der Waals surface area contributed by atoms with Crippen LogP contribution in [0, 0.1) is 0 Å². The van der Waals surface area contributed by atoms with Gasteiger partial charge in [-0.05, 0) is 17.7 Å². The van der Waals surface area contributed by atoms with Gasteiger partial charge in [-0.2, -0.15) is 0 Å². The number of rotatable bonds is 3. The molecule has 104 valence electrons. The minimum atomic E-state index is -0.581. The Bertz CT molecular complexity index is 878. The summed E-state index contributed by atoms with van der Waals surface area (Å²) in [6, 6.07) is 9.75. The quantitative estimate of drug-likeness (QED) is 0.631. The second-order valence-electron chi connectivity index (χ2n) is 4.96. The third-order valence-electron chi connectivity index (χ3n) is 3.59. The van der Waals surface area contributed by atoms with Gasteiger partial charge in [0, 0.05) is 35.8 Å². The van der Waals surface area contributed by atoms with Crippen LogP contribution >= 0.6 is 11.3 Å². The van der Waals surface area contributed by atoms with E-state index >= 15 is 0 Å². The van der Waals surface area contributed by atoms with Gasteiger partial charge in [0.15, 0.2) is 4.96 Å². The van der Waals surface area contributed by atoms with Gasteiger partial charge in [-0.1, -0.05) is 18.2 Å². The molecule has 0 fully saturated rings. The molecule has 5 heteroatoms. The van der Waals surface area contributed by atoms with Crippen molar-refractivity contribution in [3.8, 4) is 0 Å². The van der Waals surface area contributed by atoms with Gasteiger partial charge in [0.2, 0.25) is 0 Å². The summed E-state index contributed by atoms with van der Waals surface area (Å²) in [5, 5.41) is 13.6. The van der Waals surface area contributed by atoms with Gasteiger partial charge in [-0.25, -0.2) is 4.98 Å². The lowest BCUT2D eigenvalue weighted by Crippen LogP contribution is -2.03. The Morgan fingerprint density at radius 2 is 2.14 bits per heavy atom. The summed E-state index contributed by atoms with van der Waals surface area (Å²) in [6.45, 7) is 0. The second-order valence-corrected chi connectivity index (χ2v) is 5.84. The lowest BCUT2D eigenvalue weighted by Gasteiger charge is -2.12. The fourth-order valence-corrected chi connectivity index (χ4v) is 3.31. The average molecular weight is 295 g/mol. The van der Waals surface area contributed by atoms with E-state index in [1.807, 2.05) is 52.5 Å². The molecule has 21 heavy (non-hydrogen) atoms. The van der Waals surface area contributed by atoms with Crippen LogP contribution in [0.2, 0.25) is 0 Å². The monoisotopic (exact) mass is 295 g/mol. The number of thiazole rings is 1. The number of hydrogen-bond acceptors (Lipinski definition) is 4. The van der Waals surface area contributed by atoms with Crippen molar-refractivity contribution in [1.29, 1.82) is 0 Å². The number of aliphatic hydroxyl groups excluding tert-OH is 1. The standard InChI is InChI=1S/C16H13N3OS/c20-15(9-11-10-19-7-8-21-16(19)18-11)13-5-6-17-14-4-2-1-3-12(13)14/h1-8,10,15,20H,9H2. The molecule has 1 aromatic carbocycles. The summed E-state index contributed by atoms with van der Waals surface area (Å²) in [6.07, 6.45) is 5.61. The third-order valence-corrected chi connectivity index (χ3v) is 4.36. The summed E-state index contributed by atoms with van der Waals surface area (Å²) in [7, 11) is 0. The number of benzene rings is 1. The number of aromatic nitrogens is 3. The highest BCUT2D eigenvalue weighted by molar-refractivity contribution is 7.15. The van der Waals surface area contributed by atoms with E-state index in [0.717, 1.165) is 27.1 Å². The molecule has 0 saturated heterocycles. The van der Waals surface area contributed by atoms with Crippen molar-refractivity contribution in [2.24, 2.45) is 0 Å². The van der Waals surface area contributed by atoms with Gasteiger partial charge in [0.25, 0.3) is 0 Å². The molecule has 3 heterocycles. The molecule has 0 aliphatic carbocycles. The Balaban J connectivity index is 1.69. The summed E-state index contributed by atoms with van der Waals surface area (Å²) in [5.41, 5.74) is 2.70. The van der Waals surface area contributed by atoms with Gasteiger partial charge in [-0.15, -0.1) is 11.3 Å². The van der Waals surface area contributed by atoms with Crippen LogP contribution in [0.15, 0.2) is 54.3 Å². The number of aliphatic hydroxyl groups is 1. The van der Waals surface area contributed by atoms with Gasteiger partial charge in [0.1, 0.15) is 0 Å². The molecule has 0 bridgehead atoms. The molecule has 0 saturated carbocycles. The molecule has 3 aromatic heterocycles. The van der Waals surface area contributed by atoms with E-state index in [2.05, 4.69) is 9.97 Å². The van der Waals surface area contributed by atoms with E-state index in [0.29, 0.717) is 6.42 Å². The van der Waals surface area contributed by atoms with Crippen LogP contribution < -0.4 is 0 Å². The smallest absolute Gasteiger partial charge is 0.193 e. The number of nitrogens with zero attached hydrogens (tertiary/aromatic N) is 3. The molecule has 1 unspecified atom stereocenters. The van der Waals surface area contributed by atoms with Crippen LogP contribution in [0.1, 0.15) is 17.4 Å². The van der Waals surface area contributed by atoms with Crippen LogP contribution in [0.25, 0.3) is 15.9 Å². The molecule has 0 spiro atoms. The molecule has 0 aliphatic heterocycles. The zero-order valence-corrected chi connectivity index (χ0v) is 12.0. The Morgan fingerprint density at radius 3 is 3.05 bits per heavy atom. The van der Waals surface area contributed by atoms with E-state index < -0.39 is 6.10 Å². The summed E-state index contributed by atoms with van der Waals surface area (Å²) in [4.78, 5) is 9.81. The molecule has 0 amide bonds. The minimum absolute atomic E-state index is 0.502. The van der Waals surface area contributed by atoms with Gasteiger partial charge < -0.3 is 5.11 Å². The molecule has 1 N–H and O–H groups in total. The molecular formula is C16H13N3OS. The number of pyridine rings is 1. The SMILES string of the molecule is OC(Cc1cn2ccsc2n1)c1ccnc2ccccc12. The zero-order chi connectivity index (χ0) is 14.2. The van der Waals surface area contributed by atoms with E-state index in [9.17, 15) is 5.11 Å². The summed E-state index contributed by atoms with van der Waals surface area (Å²) >= 11 is 1.59. The maximum atomic E-state index is 10.6. The molecule has 4 aromatic rings. The highest BCUT2D eigenvalue weighted by atomic mass is 32.1. The zero-order valence-electron chi connectivity index (χ0n) is 11.2. The first-order chi connectivity index (χ1) is 10.3. The third kappa shape index (κ3) is 2.20. The Morgan fingerprint density at radius 1 is 1.24 bits per heavy atom. The lowest BCUT2D eigenvalue weighted by atomic mass is 10.0. The van der Waals surface area contributed by atoms with Crippen LogP contribution in [0.3, 0.4) is 0 Å². The van der Waals surface area contributed by atoms with E-state index in [1.165, 1.54) is 0 Å². The highest BCUT2D eigenvalue weighted by Gasteiger charge is 2.14.